The first-order valence-electron chi connectivity index (χ1n) is 12.7. The largest absolute Gasteiger partial charge is 0.506 e. The van der Waals surface area contributed by atoms with Gasteiger partial charge in [-0.2, -0.15) is 0 Å². The standard InChI is InChI=1S/C29H38N2O6S/c1-4-5-15-38(34,35)31-26-18-22(11-13-27(26)33)16-24(32)20-30-25(17-21-9-7-6-8-10-21)23-12-14-28(36-2)29(19-23)37-3/h6-14,18-19,24-25,30-33H,4-5,15-17,20H2,1-3H3/t24-,25+/m0/s1. The van der Waals surface area contributed by atoms with Gasteiger partial charge in [0, 0.05) is 12.6 Å². The topological polar surface area (TPSA) is 117 Å². The molecule has 0 saturated heterocycles. The molecule has 2 atom stereocenters. The van der Waals surface area contributed by atoms with Crippen LogP contribution in [0, 0.1) is 0 Å². The molecular weight excluding hydrogens is 504 g/mol. The van der Waals surface area contributed by atoms with E-state index in [0.717, 1.165) is 17.5 Å². The molecule has 38 heavy (non-hydrogen) atoms. The molecule has 4 N–H and O–H groups in total. The average Bonchev–Trinajstić information content (AvgIpc) is 2.91. The molecule has 0 bridgehead atoms. The second kappa shape index (κ2) is 14.0. The minimum absolute atomic E-state index is 0.0152. The lowest BCUT2D eigenvalue weighted by Gasteiger charge is -2.23. The van der Waals surface area contributed by atoms with E-state index in [1.807, 2.05) is 43.3 Å². The van der Waals surface area contributed by atoms with Crippen molar-refractivity contribution in [1.29, 1.82) is 0 Å². The van der Waals surface area contributed by atoms with E-state index >= 15 is 0 Å². The fraction of sp³-hybridized carbons (Fsp3) is 0.379. The van der Waals surface area contributed by atoms with Crippen molar-refractivity contribution in [2.75, 3.05) is 31.2 Å². The molecule has 0 spiro atoms. The van der Waals surface area contributed by atoms with Gasteiger partial charge >= 0.3 is 0 Å². The maximum absolute atomic E-state index is 12.3. The Labute approximate surface area is 225 Å². The molecular formula is C29H38N2O6S. The van der Waals surface area contributed by atoms with Crippen LogP contribution in [0.3, 0.4) is 0 Å². The van der Waals surface area contributed by atoms with Crippen LogP contribution in [0.15, 0.2) is 66.7 Å². The van der Waals surface area contributed by atoms with Gasteiger partial charge in [0.1, 0.15) is 5.75 Å². The van der Waals surface area contributed by atoms with Crippen LogP contribution in [0.2, 0.25) is 0 Å². The van der Waals surface area contributed by atoms with E-state index < -0.39 is 16.1 Å². The third-order valence-corrected chi connectivity index (χ3v) is 7.61. The lowest BCUT2D eigenvalue weighted by molar-refractivity contribution is 0.167. The Morgan fingerprint density at radius 3 is 2.32 bits per heavy atom. The van der Waals surface area contributed by atoms with E-state index in [9.17, 15) is 18.6 Å². The number of aromatic hydroxyl groups is 1. The van der Waals surface area contributed by atoms with Crippen molar-refractivity contribution in [2.45, 2.75) is 44.8 Å². The molecule has 0 saturated carbocycles. The van der Waals surface area contributed by atoms with Crippen molar-refractivity contribution in [1.82, 2.24) is 5.32 Å². The smallest absolute Gasteiger partial charge is 0.232 e. The number of anilines is 1. The number of hydrogen-bond donors (Lipinski definition) is 4. The maximum Gasteiger partial charge on any atom is 0.232 e. The highest BCUT2D eigenvalue weighted by Crippen LogP contribution is 2.31. The molecule has 3 rings (SSSR count). The monoisotopic (exact) mass is 542 g/mol. The highest BCUT2D eigenvalue weighted by molar-refractivity contribution is 7.92. The molecule has 0 aromatic heterocycles. The quantitative estimate of drug-likeness (QED) is 0.210. The summed E-state index contributed by atoms with van der Waals surface area (Å²) in [5.41, 5.74) is 2.96. The van der Waals surface area contributed by atoms with E-state index in [1.165, 1.54) is 6.07 Å². The number of unbranched alkanes of at least 4 members (excludes halogenated alkanes) is 1. The molecule has 0 aliphatic carbocycles. The molecule has 206 valence electrons. The Balaban J connectivity index is 1.71. The van der Waals surface area contributed by atoms with E-state index in [4.69, 9.17) is 9.47 Å². The van der Waals surface area contributed by atoms with Crippen LogP contribution in [0.5, 0.6) is 17.2 Å². The van der Waals surface area contributed by atoms with Crippen molar-refractivity contribution in [3.8, 4) is 17.2 Å². The van der Waals surface area contributed by atoms with Gasteiger partial charge in [-0.05, 0) is 60.2 Å². The van der Waals surface area contributed by atoms with Crippen LogP contribution in [-0.2, 0) is 22.9 Å². The summed E-state index contributed by atoms with van der Waals surface area (Å²) in [5.74, 6) is 1.10. The molecule has 8 nitrogen and oxygen atoms in total. The summed E-state index contributed by atoms with van der Waals surface area (Å²) in [7, 11) is -0.368. The number of rotatable bonds is 15. The highest BCUT2D eigenvalue weighted by atomic mass is 32.2. The zero-order valence-electron chi connectivity index (χ0n) is 22.2. The van der Waals surface area contributed by atoms with Crippen LogP contribution in [0.4, 0.5) is 5.69 Å². The van der Waals surface area contributed by atoms with E-state index in [-0.39, 0.29) is 29.7 Å². The predicted molar refractivity (Wildman–Crippen MR) is 151 cm³/mol. The van der Waals surface area contributed by atoms with Gasteiger partial charge in [-0.25, -0.2) is 8.42 Å². The van der Waals surface area contributed by atoms with Crippen LogP contribution in [-0.4, -0.2) is 51.3 Å². The molecule has 0 unspecified atom stereocenters. The van der Waals surface area contributed by atoms with Crippen LogP contribution in [0.25, 0.3) is 0 Å². The number of aliphatic hydroxyl groups excluding tert-OH is 1. The first-order chi connectivity index (χ1) is 18.2. The molecule has 9 heteroatoms. The molecule has 3 aromatic rings. The summed E-state index contributed by atoms with van der Waals surface area (Å²) in [5, 5.41) is 24.5. The van der Waals surface area contributed by atoms with Crippen molar-refractivity contribution in [2.24, 2.45) is 0 Å². The normalized spacial score (nSPS) is 13.1. The average molecular weight is 543 g/mol. The summed E-state index contributed by atoms with van der Waals surface area (Å²) in [6.07, 6.45) is 1.51. The molecule has 0 aliphatic rings. The molecule has 0 amide bonds. The maximum atomic E-state index is 12.3. The van der Waals surface area contributed by atoms with Gasteiger partial charge in [0.25, 0.3) is 0 Å². The number of phenolic OH excluding ortho intramolecular Hbond substituents is 1. The van der Waals surface area contributed by atoms with Gasteiger partial charge in [-0.15, -0.1) is 0 Å². The molecule has 0 radical (unpaired) electrons. The number of phenols is 1. The van der Waals surface area contributed by atoms with Gasteiger partial charge in [0.15, 0.2) is 11.5 Å². The Hall–Kier alpha value is -3.27. The van der Waals surface area contributed by atoms with Gasteiger partial charge in [0.05, 0.1) is 31.8 Å². The Bertz CT molecular complexity index is 1270. The Morgan fingerprint density at radius 2 is 1.63 bits per heavy atom. The SMILES string of the molecule is CCCCS(=O)(=O)Nc1cc(C[C@H](O)CN[C@H](Cc2ccccc2)c2ccc(OC)c(OC)c2)ccc1O. The van der Waals surface area contributed by atoms with Crippen molar-refractivity contribution < 1.29 is 28.1 Å². The fourth-order valence-corrected chi connectivity index (χ4v) is 5.46. The first-order valence-corrected chi connectivity index (χ1v) is 14.4. The predicted octanol–water partition coefficient (Wildman–Crippen LogP) is 4.43. The summed E-state index contributed by atoms with van der Waals surface area (Å²) >= 11 is 0. The number of nitrogens with one attached hydrogen (secondary N) is 2. The van der Waals surface area contributed by atoms with Gasteiger partial charge in [0.2, 0.25) is 10.0 Å². The van der Waals surface area contributed by atoms with Crippen molar-refractivity contribution >= 4 is 15.7 Å². The minimum Gasteiger partial charge on any atom is -0.506 e. The molecule has 3 aromatic carbocycles. The van der Waals surface area contributed by atoms with Crippen LogP contribution < -0.4 is 19.5 Å². The number of ether oxygens (including phenoxy) is 2. The van der Waals surface area contributed by atoms with Gasteiger partial charge in [-0.3, -0.25) is 4.72 Å². The molecule has 0 aliphatic heterocycles. The number of hydrogen-bond acceptors (Lipinski definition) is 7. The summed E-state index contributed by atoms with van der Waals surface area (Å²) in [6, 6.07) is 20.4. The van der Waals surface area contributed by atoms with Crippen molar-refractivity contribution in [3.05, 3.63) is 83.4 Å². The number of benzene rings is 3. The zero-order chi connectivity index (χ0) is 27.5. The lowest BCUT2D eigenvalue weighted by atomic mass is 9.97. The summed E-state index contributed by atoms with van der Waals surface area (Å²) in [4.78, 5) is 0. The number of sulfonamides is 1. The first kappa shape index (κ1) is 29.3. The molecule has 0 fully saturated rings. The Kier molecular flexibility index (Phi) is 10.8. The molecule has 0 heterocycles. The number of methoxy groups -OCH3 is 2. The third-order valence-electron chi connectivity index (χ3n) is 6.26. The van der Waals surface area contributed by atoms with Crippen molar-refractivity contribution in [3.63, 3.8) is 0 Å². The van der Waals surface area contributed by atoms with Crippen LogP contribution >= 0.6 is 0 Å². The highest BCUT2D eigenvalue weighted by Gasteiger charge is 2.18. The lowest BCUT2D eigenvalue weighted by Crippen LogP contribution is -2.32. The summed E-state index contributed by atoms with van der Waals surface area (Å²) in [6.45, 7) is 2.21. The minimum atomic E-state index is -3.56. The fourth-order valence-electron chi connectivity index (χ4n) is 4.19. The van der Waals surface area contributed by atoms with E-state index in [1.54, 1.807) is 26.4 Å². The van der Waals surface area contributed by atoms with E-state index in [0.29, 0.717) is 36.4 Å². The Morgan fingerprint density at radius 1 is 0.895 bits per heavy atom. The summed E-state index contributed by atoms with van der Waals surface area (Å²) < 4.78 is 37.9. The van der Waals surface area contributed by atoms with E-state index in [2.05, 4.69) is 22.2 Å². The van der Waals surface area contributed by atoms with Gasteiger partial charge in [-0.1, -0.05) is 55.8 Å². The van der Waals surface area contributed by atoms with Gasteiger partial charge < -0.3 is 25.0 Å². The second-order valence-electron chi connectivity index (χ2n) is 9.25. The number of aliphatic hydroxyl groups is 1. The second-order valence-corrected chi connectivity index (χ2v) is 11.1. The zero-order valence-corrected chi connectivity index (χ0v) is 23.0. The third kappa shape index (κ3) is 8.65. The van der Waals surface area contributed by atoms with Crippen LogP contribution in [0.1, 0.15) is 42.5 Å².